The second-order valence-corrected chi connectivity index (χ2v) is 7.26. The van der Waals surface area contributed by atoms with Gasteiger partial charge in [-0.3, -0.25) is 9.59 Å². The summed E-state index contributed by atoms with van der Waals surface area (Å²) >= 11 is 6.12. The van der Waals surface area contributed by atoms with Gasteiger partial charge in [-0.2, -0.15) is 0 Å². The standard InChI is InChI=1S/C23H21ClN2O5/c1-14(27)17-10-9-16(24)12-18(17)19-13-21(28)26(25-22(19)30-2)20(23(29)31-3)11-15-7-5-4-6-8-15/h4-10,12-13,20H,11H2,1-3H3/t20-/m0/s1. The molecule has 0 radical (unpaired) electrons. The number of ketones is 1. The smallest absolute Gasteiger partial charge is 0.331 e. The van der Waals surface area contributed by atoms with E-state index < -0.39 is 17.6 Å². The number of hydrogen-bond donors (Lipinski definition) is 0. The molecule has 3 aromatic rings. The lowest BCUT2D eigenvalue weighted by Crippen LogP contribution is -2.34. The van der Waals surface area contributed by atoms with Crippen LogP contribution in [-0.2, 0) is 16.0 Å². The van der Waals surface area contributed by atoms with Crippen LogP contribution < -0.4 is 10.3 Å². The van der Waals surface area contributed by atoms with Crippen LogP contribution in [0.15, 0.2) is 59.4 Å². The Labute approximate surface area is 184 Å². The van der Waals surface area contributed by atoms with Crippen molar-refractivity contribution in [2.75, 3.05) is 14.2 Å². The number of rotatable bonds is 7. The monoisotopic (exact) mass is 440 g/mol. The Morgan fingerprint density at radius 2 is 1.77 bits per heavy atom. The average Bonchev–Trinajstić information content (AvgIpc) is 2.77. The summed E-state index contributed by atoms with van der Waals surface area (Å²) in [4.78, 5) is 37.6. The fourth-order valence-electron chi connectivity index (χ4n) is 3.31. The third kappa shape index (κ3) is 4.83. The highest BCUT2D eigenvalue weighted by atomic mass is 35.5. The zero-order valence-corrected chi connectivity index (χ0v) is 18.1. The maximum atomic E-state index is 13.0. The molecule has 2 aromatic carbocycles. The van der Waals surface area contributed by atoms with Gasteiger partial charge in [0.2, 0.25) is 5.88 Å². The van der Waals surface area contributed by atoms with Gasteiger partial charge in [0.15, 0.2) is 11.8 Å². The van der Waals surface area contributed by atoms with Gasteiger partial charge in [-0.1, -0.05) is 41.9 Å². The molecule has 160 valence electrons. The summed E-state index contributed by atoms with van der Waals surface area (Å²) in [6.07, 6.45) is 0.207. The second-order valence-electron chi connectivity index (χ2n) is 6.82. The number of Topliss-reactive ketones (excluding diaryl/α,β-unsaturated/α-hetero) is 1. The number of carbonyl (C=O) groups excluding carboxylic acids is 2. The van der Waals surface area contributed by atoms with Gasteiger partial charge in [0.25, 0.3) is 5.56 Å². The van der Waals surface area contributed by atoms with E-state index in [4.69, 9.17) is 21.1 Å². The third-order valence-corrected chi connectivity index (χ3v) is 5.04. The molecule has 0 unspecified atom stereocenters. The van der Waals surface area contributed by atoms with Gasteiger partial charge in [-0.15, -0.1) is 5.10 Å². The molecule has 0 aliphatic rings. The topological polar surface area (TPSA) is 87.5 Å². The number of methoxy groups -OCH3 is 2. The van der Waals surface area contributed by atoms with Gasteiger partial charge in [0, 0.05) is 23.1 Å². The van der Waals surface area contributed by atoms with E-state index >= 15 is 0 Å². The zero-order valence-electron chi connectivity index (χ0n) is 17.3. The van der Waals surface area contributed by atoms with Gasteiger partial charge in [0.1, 0.15) is 0 Å². The normalized spacial score (nSPS) is 11.6. The molecule has 0 N–H and O–H groups in total. The molecular formula is C23H21ClN2O5. The first kappa shape index (κ1) is 22.2. The predicted octanol–water partition coefficient (Wildman–Crippen LogP) is 3.73. The first-order valence-electron chi connectivity index (χ1n) is 9.46. The molecule has 0 amide bonds. The number of halogens is 1. The minimum Gasteiger partial charge on any atom is -0.480 e. The van der Waals surface area contributed by atoms with Crippen molar-refractivity contribution >= 4 is 23.4 Å². The Hall–Kier alpha value is -3.45. The van der Waals surface area contributed by atoms with Crippen molar-refractivity contribution in [2.24, 2.45) is 0 Å². The van der Waals surface area contributed by atoms with E-state index in [2.05, 4.69) is 5.10 Å². The molecule has 0 spiro atoms. The summed E-state index contributed by atoms with van der Waals surface area (Å²) in [5.74, 6) is -0.735. The van der Waals surface area contributed by atoms with E-state index in [9.17, 15) is 14.4 Å². The largest absolute Gasteiger partial charge is 0.480 e. The summed E-state index contributed by atoms with van der Waals surface area (Å²) in [5.41, 5.74) is 1.39. The van der Waals surface area contributed by atoms with Crippen molar-refractivity contribution in [2.45, 2.75) is 19.4 Å². The number of aromatic nitrogens is 2. The van der Waals surface area contributed by atoms with Gasteiger partial charge < -0.3 is 9.47 Å². The summed E-state index contributed by atoms with van der Waals surface area (Å²) < 4.78 is 11.4. The van der Waals surface area contributed by atoms with E-state index in [1.807, 2.05) is 30.3 Å². The molecule has 31 heavy (non-hydrogen) atoms. The summed E-state index contributed by atoms with van der Waals surface area (Å²) in [6.45, 7) is 1.42. The molecule has 0 aliphatic heterocycles. The van der Waals surface area contributed by atoms with Gasteiger partial charge in [0.05, 0.1) is 19.8 Å². The SMILES string of the molecule is COC(=O)[C@H](Cc1ccccc1)n1nc(OC)c(-c2cc(Cl)ccc2C(C)=O)cc1=O. The van der Waals surface area contributed by atoms with Crippen LogP contribution in [-0.4, -0.2) is 35.8 Å². The van der Waals surface area contributed by atoms with Crippen LogP contribution in [0.4, 0.5) is 0 Å². The number of ether oxygens (including phenoxy) is 2. The van der Waals surface area contributed by atoms with E-state index in [0.717, 1.165) is 10.2 Å². The van der Waals surface area contributed by atoms with Gasteiger partial charge >= 0.3 is 5.97 Å². The molecule has 0 fully saturated rings. The minimum absolute atomic E-state index is 0.0753. The number of carbonyl (C=O) groups is 2. The number of benzene rings is 2. The second kappa shape index (κ2) is 9.57. The fourth-order valence-corrected chi connectivity index (χ4v) is 3.48. The lowest BCUT2D eigenvalue weighted by Gasteiger charge is -2.19. The van der Waals surface area contributed by atoms with Crippen molar-refractivity contribution in [1.82, 2.24) is 9.78 Å². The highest BCUT2D eigenvalue weighted by Gasteiger charge is 2.26. The highest BCUT2D eigenvalue weighted by Crippen LogP contribution is 2.32. The van der Waals surface area contributed by atoms with Crippen molar-refractivity contribution in [3.8, 4) is 17.0 Å². The summed E-state index contributed by atoms with van der Waals surface area (Å²) in [7, 11) is 2.64. The fraction of sp³-hybridized carbons (Fsp3) is 0.217. The molecule has 0 aliphatic carbocycles. The number of esters is 1. The Kier molecular flexibility index (Phi) is 6.87. The molecule has 3 rings (SSSR count). The lowest BCUT2D eigenvalue weighted by atomic mass is 9.98. The van der Waals surface area contributed by atoms with E-state index in [1.165, 1.54) is 27.2 Å². The van der Waals surface area contributed by atoms with Crippen molar-refractivity contribution in [3.63, 3.8) is 0 Å². The quantitative estimate of drug-likeness (QED) is 0.411. The predicted molar refractivity (Wildman–Crippen MR) is 117 cm³/mol. The van der Waals surface area contributed by atoms with Crippen LogP contribution in [0, 0.1) is 0 Å². The third-order valence-electron chi connectivity index (χ3n) is 4.81. The van der Waals surface area contributed by atoms with Crippen LogP contribution in [0.2, 0.25) is 5.02 Å². The van der Waals surface area contributed by atoms with E-state index in [1.54, 1.807) is 18.2 Å². The molecular weight excluding hydrogens is 420 g/mol. The summed E-state index contributed by atoms with van der Waals surface area (Å²) in [5, 5.41) is 4.68. The zero-order chi connectivity index (χ0) is 22.5. The Bertz CT molecular complexity index is 1170. The van der Waals surface area contributed by atoms with Crippen LogP contribution in [0.25, 0.3) is 11.1 Å². The molecule has 1 atom stereocenters. The van der Waals surface area contributed by atoms with Crippen LogP contribution in [0.1, 0.15) is 28.9 Å². The van der Waals surface area contributed by atoms with E-state index in [-0.39, 0.29) is 18.1 Å². The van der Waals surface area contributed by atoms with Gasteiger partial charge in [-0.05, 0) is 36.2 Å². The molecule has 1 heterocycles. The molecule has 0 saturated heterocycles. The summed E-state index contributed by atoms with van der Waals surface area (Å²) in [6, 6.07) is 14.3. The number of nitrogens with zero attached hydrogens (tertiary/aromatic N) is 2. The van der Waals surface area contributed by atoms with Crippen LogP contribution >= 0.6 is 11.6 Å². The highest BCUT2D eigenvalue weighted by molar-refractivity contribution is 6.31. The maximum Gasteiger partial charge on any atom is 0.331 e. The first-order chi connectivity index (χ1) is 14.8. The molecule has 8 heteroatoms. The first-order valence-corrected chi connectivity index (χ1v) is 9.84. The minimum atomic E-state index is -0.991. The number of hydrogen-bond acceptors (Lipinski definition) is 6. The van der Waals surface area contributed by atoms with Crippen molar-refractivity contribution in [3.05, 3.63) is 81.1 Å². The lowest BCUT2D eigenvalue weighted by molar-refractivity contribution is -0.145. The maximum absolute atomic E-state index is 13.0. The Morgan fingerprint density at radius 1 is 1.06 bits per heavy atom. The Balaban J connectivity index is 2.16. The molecule has 1 aromatic heterocycles. The van der Waals surface area contributed by atoms with Gasteiger partial charge in [-0.25, -0.2) is 9.48 Å². The molecule has 7 nitrogen and oxygen atoms in total. The van der Waals surface area contributed by atoms with E-state index in [0.29, 0.717) is 21.7 Å². The molecule has 0 saturated carbocycles. The van der Waals surface area contributed by atoms with Crippen LogP contribution in [0.3, 0.4) is 0 Å². The van der Waals surface area contributed by atoms with Crippen LogP contribution in [0.5, 0.6) is 5.88 Å². The van der Waals surface area contributed by atoms with Crippen molar-refractivity contribution < 1.29 is 19.1 Å². The average molecular weight is 441 g/mol. The Morgan fingerprint density at radius 3 is 2.39 bits per heavy atom. The molecule has 0 bridgehead atoms. The van der Waals surface area contributed by atoms with Crippen molar-refractivity contribution in [1.29, 1.82) is 0 Å².